The van der Waals surface area contributed by atoms with Crippen LogP contribution in [0.4, 0.5) is 0 Å². The summed E-state index contributed by atoms with van der Waals surface area (Å²) in [5.74, 6) is -0.0510. The van der Waals surface area contributed by atoms with Gasteiger partial charge in [-0.05, 0) is 19.3 Å². The number of nitrogens with one attached hydrogen (secondary N) is 1. The number of amides is 1. The highest BCUT2D eigenvalue weighted by Gasteiger charge is 2.29. The molecule has 100 valence electrons. The summed E-state index contributed by atoms with van der Waals surface area (Å²) in [6, 6.07) is 0.134. The van der Waals surface area contributed by atoms with Crippen molar-refractivity contribution in [3.63, 3.8) is 0 Å². The van der Waals surface area contributed by atoms with E-state index in [0.717, 1.165) is 25.9 Å². The van der Waals surface area contributed by atoms with Gasteiger partial charge in [-0.15, -0.1) is 0 Å². The molecule has 0 aromatic carbocycles. The maximum Gasteiger partial charge on any atom is 0.223 e. The summed E-state index contributed by atoms with van der Waals surface area (Å²) in [5, 5.41) is 13.3. The van der Waals surface area contributed by atoms with E-state index >= 15 is 0 Å². The first-order chi connectivity index (χ1) is 8.09. The molecule has 1 heterocycles. The van der Waals surface area contributed by atoms with Crippen LogP contribution in [0, 0.1) is 0 Å². The number of aliphatic hydroxyl groups is 1. The van der Waals surface area contributed by atoms with Gasteiger partial charge in [0.1, 0.15) is 0 Å². The zero-order chi connectivity index (χ0) is 12.7. The van der Waals surface area contributed by atoms with Crippen LogP contribution in [0.25, 0.3) is 0 Å². The van der Waals surface area contributed by atoms with Crippen LogP contribution in [0.5, 0.6) is 0 Å². The minimum atomic E-state index is -0.826. The molecule has 17 heavy (non-hydrogen) atoms. The molecule has 1 amide bonds. The van der Waals surface area contributed by atoms with E-state index < -0.39 is 5.60 Å². The number of rotatable bonds is 7. The fraction of sp³-hybridized carbons (Fsp3) is 0.923. The molecule has 1 fully saturated rings. The van der Waals surface area contributed by atoms with Gasteiger partial charge in [-0.25, -0.2) is 0 Å². The number of ether oxygens (including phenoxy) is 1. The fourth-order valence-electron chi connectivity index (χ4n) is 2.46. The van der Waals surface area contributed by atoms with Gasteiger partial charge in [-0.1, -0.05) is 26.7 Å². The van der Waals surface area contributed by atoms with E-state index in [1.807, 2.05) is 13.8 Å². The van der Waals surface area contributed by atoms with Crippen LogP contribution in [0.3, 0.4) is 0 Å². The van der Waals surface area contributed by atoms with Crippen LogP contribution in [0.1, 0.15) is 52.4 Å². The molecule has 0 aromatic heterocycles. The van der Waals surface area contributed by atoms with Crippen molar-refractivity contribution < 1.29 is 14.6 Å². The summed E-state index contributed by atoms with van der Waals surface area (Å²) in [6.45, 7) is 5.39. The molecule has 0 aliphatic carbocycles. The fourth-order valence-corrected chi connectivity index (χ4v) is 2.46. The molecular weight excluding hydrogens is 218 g/mol. The zero-order valence-electron chi connectivity index (χ0n) is 11.0. The minimum absolute atomic E-state index is 0.0510. The van der Waals surface area contributed by atoms with Crippen molar-refractivity contribution >= 4 is 5.91 Å². The summed E-state index contributed by atoms with van der Waals surface area (Å²) < 4.78 is 5.21. The van der Waals surface area contributed by atoms with Crippen molar-refractivity contribution in [1.29, 1.82) is 0 Å². The Kier molecular flexibility index (Phi) is 5.92. The van der Waals surface area contributed by atoms with E-state index in [1.54, 1.807) is 0 Å². The van der Waals surface area contributed by atoms with E-state index in [-0.39, 0.29) is 18.4 Å². The third-order valence-corrected chi connectivity index (χ3v) is 3.22. The van der Waals surface area contributed by atoms with Crippen molar-refractivity contribution in [3.8, 4) is 0 Å². The Morgan fingerprint density at radius 2 is 2.06 bits per heavy atom. The van der Waals surface area contributed by atoms with E-state index in [4.69, 9.17) is 4.74 Å². The standard InChI is InChI=1S/C13H25NO3/c1-3-6-13(16,7-4-2)9-12(15)14-11-5-8-17-10-11/h11,16H,3-10H2,1-2H3,(H,14,15). The van der Waals surface area contributed by atoms with Gasteiger partial charge < -0.3 is 15.2 Å². The Balaban J connectivity index is 2.39. The molecule has 2 N–H and O–H groups in total. The zero-order valence-corrected chi connectivity index (χ0v) is 11.0. The number of hydrogen-bond donors (Lipinski definition) is 2. The Hall–Kier alpha value is -0.610. The second-order valence-electron chi connectivity index (χ2n) is 5.03. The molecule has 1 atom stereocenters. The van der Waals surface area contributed by atoms with Gasteiger partial charge in [0.15, 0.2) is 0 Å². The van der Waals surface area contributed by atoms with Crippen LogP contribution < -0.4 is 5.32 Å². The molecular formula is C13H25NO3. The summed E-state index contributed by atoms with van der Waals surface area (Å²) in [6.07, 6.45) is 4.27. The smallest absolute Gasteiger partial charge is 0.223 e. The maximum absolute atomic E-state index is 11.8. The lowest BCUT2D eigenvalue weighted by Crippen LogP contribution is -2.41. The monoisotopic (exact) mass is 243 g/mol. The van der Waals surface area contributed by atoms with Crippen LogP contribution >= 0.6 is 0 Å². The van der Waals surface area contributed by atoms with Gasteiger partial charge in [0.2, 0.25) is 5.91 Å². The molecule has 1 unspecified atom stereocenters. The number of carbonyl (C=O) groups is 1. The van der Waals surface area contributed by atoms with Gasteiger partial charge in [-0.2, -0.15) is 0 Å². The second-order valence-corrected chi connectivity index (χ2v) is 5.03. The lowest BCUT2D eigenvalue weighted by atomic mass is 9.89. The third kappa shape index (κ3) is 5.04. The highest BCUT2D eigenvalue weighted by Crippen LogP contribution is 2.23. The average Bonchev–Trinajstić information content (AvgIpc) is 2.70. The van der Waals surface area contributed by atoms with E-state index in [2.05, 4.69) is 5.32 Å². The first kappa shape index (κ1) is 14.5. The number of hydrogen-bond acceptors (Lipinski definition) is 3. The van der Waals surface area contributed by atoms with Gasteiger partial charge in [0.25, 0.3) is 0 Å². The Bertz CT molecular complexity index is 231. The summed E-state index contributed by atoms with van der Waals surface area (Å²) in [4.78, 5) is 11.8. The molecule has 1 rings (SSSR count). The predicted molar refractivity (Wildman–Crippen MR) is 66.7 cm³/mol. The van der Waals surface area contributed by atoms with Crippen molar-refractivity contribution in [2.45, 2.75) is 64.0 Å². The van der Waals surface area contributed by atoms with E-state index in [1.165, 1.54) is 0 Å². The lowest BCUT2D eigenvalue weighted by Gasteiger charge is -2.27. The molecule has 0 saturated carbocycles. The third-order valence-electron chi connectivity index (χ3n) is 3.22. The Morgan fingerprint density at radius 3 is 2.53 bits per heavy atom. The number of carbonyl (C=O) groups excluding carboxylic acids is 1. The minimum Gasteiger partial charge on any atom is -0.389 e. The molecule has 0 radical (unpaired) electrons. The normalized spacial score (nSPS) is 20.5. The molecule has 1 aliphatic heterocycles. The van der Waals surface area contributed by atoms with Crippen molar-refractivity contribution in [2.24, 2.45) is 0 Å². The second kappa shape index (κ2) is 6.97. The van der Waals surface area contributed by atoms with Gasteiger partial charge >= 0.3 is 0 Å². The topological polar surface area (TPSA) is 58.6 Å². The summed E-state index contributed by atoms with van der Waals surface area (Å²) in [7, 11) is 0. The molecule has 0 spiro atoms. The van der Waals surface area contributed by atoms with Crippen LogP contribution in [-0.4, -0.2) is 35.9 Å². The molecule has 4 heteroatoms. The van der Waals surface area contributed by atoms with Crippen LogP contribution in [0.2, 0.25) is 0 Å². The molecule has 1 saturated heterocycles. The molecule has 4 nitrogen and oxygen atoms in total. The quantitative estimate of drug-likeness (QED) is 0.714. The van der Waals surface area contributed by atoms with E-state index in [0.29, 0.717) is 19.4 Å². The Labute approximate surface area is 104 Å². The van der Waals surface area contributed by atoms with Crippen molar-refractivity contribution in [1.82, 2.24) is 5.32 Å². The SMILES string of the molecule is CCCC(O)(CCC)CC(=O)NC1CCOC1. The highest BCUT2D eigenvalue weighted by atomic mass is 16.5. The Morgan fingerprint density at radius 1 is 1.41 bits per heavy atom. The van der Waals surface area contributed by atoms with Crippen LogP contribution in [-0.2, 0) is 9.53 Å². The first-order valence-electron chi connectivity index (χ1n) is 6.69. The van der Waals surface area contributed by atoms with Crippen LogP contribution in [0.15, 0.2) is 0 Å². The molecule has 0 bridgehead atoms. The van der Waals surface area contributed by atoms with E-state index in [9.17, 15) is 9.90 Å². The van der Waals surface area contributed by atoms with Crippen molar-refractivity contribution in [2.75, 3.05) is 13.2 Å². The molecule has 1 aliphatic rings. The molecule has 0 aromatic rings. The highest BCUT2D eigenvalue weighted by molar-refractivity contribution is 5.77. The largest absolute Gasteiger partial charge is 0.389 e. The van der Waals surface area contributed by atoms with Gasteiger partial charge in [-0.3, -0.25) is 4.79 Å². The lowest BCUT2D eigenvalue weighted by molar-refractivity contribution is -0.127. The first-order valence-corrected chi connectivity index (χ1v) is 6.69. The summed E-state index contributed by atoms with van der Waals surface area (Å²) >= 11 is 0. The maximum atomic E-state index is 11.8. The van der Waals surface area contributed by atoms with Crippen molar-refractivity contribution in [3.05, 3.63) is 0 Å². The summed E-state index contributed by atoms with van der Waals surface area (Å²) in [5.41, 5.74) is -0.826. The predicted octanol–water partition coefficient (Wildman–Crippen LogP) is 1.61. The van der Waals surface area contributed by atoms with Gasteiger partial charge in [0, 0.05) is 6.61 Å². The average molecular weight is 243 g/mol. The van der Waals surface area contributed by atoms with Gasteiger partial charge in [0.05, 0.1) is 24.7 Å².